The maximum absolute atomic E-state index is 5.05. The lowest BCUT2D eigenvalue weighted by Gasteiger charge is -2.04. The lowest BCUT2D eigenvalue weighted by Crippen LogP contribution is -1.96. The van der Waals surface area contributed by atoms with Gasteiger partial charge < -0.3 is 4.52 Å². The molecule has 0 aliphatic rings. The molecule has 0 saturated carbocycles. The Labute approximate surface area is 75.1 Å². The van der Waals surface area contributed by atoms with Crippen LogP contribution in [0.15, 0.2) is 4.52 Å². The van der Waals surface area contributed by atoms with Gasteiger partial charge >= 0.3 is 0 Å². The third-order valence-electron chi connectivity index (χ3n) is 1.81. The van der Waals surface area contributed by atoms with Gasteiger partial charge in [0, 0.05) is 10.9 Å². The molecule has 0 aliphatic carbocycles. The zero-order valence-electron chi connectivity index (χ0n) is 7.02. The molecule has 0 spiro atoms. The second kappa shape index (κ2) is 3.39. The lowest BCUT2D eigenvalue weighted by atomic mass is 10.0. The second-order valence-electron chi connectivity index (χ2n) is 2.79. The Hall–Kier alpha value is -0.310. The zero-order valence-corrected chi connectivity index (χ0v) is 8.60. The van der Waals surface area contributed by atoms with Crippen molar-refractivity contribution < 1.29 is 4.52 Å². The quantitative estimate of drug-likeness (QED) is 0.713. The number of hydrogen-bond donors (Lipinski definition) is 0. The number of rotatable bonds is 2. The number of hydrogen-bond acceptors (Lipinski definition) is 2. The Kier molecular flexibility index (Phi) is 2.71. The van der Waals surface area contributed by atoms with E-state index < -0.39 is 0 Å². The molecular formula is C8H12BrNO. The van der Waals surface area contributed by atoms with E-state index in [9.17, 15) is 0 Å². The summed E-state index contributed by atoms with van der Waals surface area (Å²) in [6.45, 7) is 6.08. The Balaban J connectivity index is 3.00. The molecule has 1 aromatic heterocycles. The molecule has 0 saturated heterocycles. The molecule has 1 atom stereocenters. The maximum atomic E-state index is 5.05. The summed E-state index contributed by atoms with van der Waals surface area (Å²) in [6.07, 6.45) is 0. The van der Waals surface area contributed by atoms with Gasteiger partial charge in [-0.15, -0.1) is 0 Å². The first-order chi connectivity index (χ1) is 5.16. The molecule has 0 amide bonds. The fourth-order valence-corrected chi connectivity index (χ4v) is 1.59. The summed E-state index contributed by atoms with van der Waals surface area (Å²) in [5.74, 6) is 1.43. The SMILES string of the molecule is Cc1noc(C)c1C(C)CBr. The van der Waals surface area contributed by atoms with Crippen molar-refractivity contribution in [3.05, 3.63) is 17.0 Å². The smallest absolute Gasteiger partial charge is 0.137 e. The van der Waals surface area contributed by atoms with Crippen LogP contribution in [-0.4, -0.2) is 10.5 Å². The van der Waals surface area contributed by atoms with Crippen molar-refractivity contribution in [2.24, 2.45) is 0 Å². The normalized spacial score (nSPS) is 13.5. The van der Waals surface area contributed by atoms with Crippen LogP contribution in [-0.2, 0) is 0 Å². The first kappa shape index (κ1) is 8.78. The summed E-state index contributed by atoms with van der Waals surface area (Å²) < 4.78 is 5.05. The van der Waals surface area contributed by atoms with Crippen LogP contribution in [0.5, 0.6) is 0 Å². The predicted octanol–water partition coefficient (Wildman–Crippen LogP) is 2.79. The highest BCUT2D eigenvalue weighted by Crippen LogP contribution is 2.23. The third-order valence-corrected chi connectivity index (χ3v) is 2.78. The number of halogens is 1. The zero-order chi connectivity index (χ0) is 8.43. The number of aryl methyl sites for hydroxylation is 2. The van der Waals surface area contributed by atoms with E-state index in [2.05, 4.69) is 28.0 Å². The standard InChI is InChI=1S/C8H12BrNO/c1-5(4-9)8-6(2)10-11-7(8)3/h5H,4H2,1-3H3. The first-order valence-electron chi connectivity index (χ1n) is 3.65. The molecule has 0 N–H and O–H groups in total. The van der Waals surface area contributed by atoms with Gasteiger partial charge in [0.1, 0.15) is 5.76 Å². The van der Waals surface area contributed by atoms with Crippen molar-refractivity contribution in [2.45, 2.75) is 26.7 Å². The monoisotopic (exact) mass is 217 g/mol. The minimum atomic E-state index is 0.487. The minimum Gasteiger partial charge on any atom is -0.361 e. The summed E-state index contributed by atoms with van der Waals surface area (Å²) in [6, 6.07) is 0. The molecule has 1 unspecified atom stereocenters. The van der Waals surface area contributed by atoms with Crippen LogP contribution in [0, 0.1) is 13.8 Å². The van der Waals surface area contributed by atoms with Gasteiger partial charge in [-0.25, -0.2) is 0 Å². The number of aromatic nitrogens is 1. The average Bonchev–Trinajstić information content (AvgIpc) is 2.30. The highest BCUT2D eigenvalue weighted by molar-refractivity contribution is 9.09. The minimum absolute atomic E-state index is 0.487. The largest absolute Gasteiger partial charge is 0.361 e. The summed E-state index contributed by atoms with van der Waals surface area (Å²) >= 11 is 3.44. The maximum Gasteiger partial charge on any atom is 0.137 e. The molecule has 11 heavy (non-hydrogen) atoms. The van der Waals surface area contributed by atoms with Crippen LogP contribution in [0.1, 0.15) is 29.9 Å². The van der Waals surface area contributed by atoms with Crippen LogP contribution in [0.4, 0.5) is 0 Å². The Morgan fingerprint density at radius 1 is 1.55 bits per heavy atom. The molecule has 0 radical (unpaired) electrons. The van der Waals surface area contributed by atoms with Gasteiger partial charge in [-0.05, 0) is 19.8 Å². The Bertz CT molecular complexity index is 225. The summed E-state index contributed by atoms with van der Waals surface area (Å²) in [5, 5.41) is 4.84. The average molecular weight is 218 g/mol. The number of nitrogens with zero attached hydrogens (tertiary/aromatic N) is 1. The van der Waals surface area contributed by atoms with E-state index in [4.69, 9.17) is 4.52 Å². The molecule has 0 aromatic carbocycles. The second-order valence-corrected chi connectivity index (χ2v) is 3.44. The highest BCUT2D eigenvalue weighted by atomic mass is 79.9. The van der Waals surface area contributed by atoms with E-state index in [0.29, 0.717) is 5.92 Å². The van der Waals surface area contributed by atoms with Crippen LogP contribution >= 0.6 is 15.9 Å². The van der Waals surface area contributed by atoms with Gasteiger partial charge in [-0.3, -0.25) is 0 Å². The molecule has 3 heteroatoms. The molecule has 0 bridgehead atoms. The van der Waals surface area contributed by atoms with Crippen LogP contribution in [0.3, 0.4) is 0 Å². The molecule has 1 aromatic rings. The fourth-order valence-electron chi connectivity index (χ4n) is 1.27. The van der Waals surface area contributed by atoms with Crippen molar-refractivity contribution in [3.63, 3.8) is 0 Å². The van der Waals surface area contributed by atoms with Crippen LogP contribution in [0.2, 0.25) is 0 Å². The fraction of sp³-hybridized carbons (Fsp3) is 0.625. The third kappa shape index (κ3) is 1.64. The summed E-state index contributed by atoms with van der Waals surface area (Å²) in [4.78, 5) is 0. The van der Waals surface area contributed by atoms with E-state index in [1.807, 2.05) is 13.8 Å². The summed E-state index contributed by atoms with van der Waals surface area (Å²) in [7, 11) is 0. The lowest BCUT2D eigenvalue weighted by molar-refractivity contribution is 0.392. The van der Waals surface area contributed by atoms with Gasteiger partial charge in [-0.1, -0.05) is 28.0 Å². The van der Waals surface area contributed by atoms with E-state index in [0.717, 1.165) is 16.8 Å². The van der Waals surface area contributed by atoms with E-state index in [1.165, 1.54) is 5.56 Å². The van der Waals surface area contributed by atoms with Gasteiger partial charge in [-0.2, -0.15) is 0 Å². The van der Waals surface area contributed by atoms with Crippen molar-refractivity contribution >= 4 is 15.9 Å². The van der Waals surface area contributed by atoms with Crippen molar-refractivity contribution in [3.8, 4) is 0 Å². The molecule has 1 rings (SSSR count). The van der Waals surface area contributed by atoms with E-state index in [-0.39, 0.29) is 0 Å². The molecule has 1 heterocycles. The Morgan fingerprint density at radius 2 is 2.18 bits per heavy atom. The Morgan fingerprint density at radius 3 is 2.55 bits per heavy atom. The molecule has 2 nitrogen and oxygen atoms in total. The van der Waals surface area contributed by atoms with Crippen LogP contribution in [0.25, 0.3) is 0 Å². The molecular weight excluding hydrogens is 206 g/mol. The van der Waals surface area contributed by atoms with E-state index in [1.54, 1.807) is 0 Å². The molecule has 62 valence electrons. The van der Waals surface area contributed by atoms with Gasteiger partial charge in [0.15, 0.2) is 0 Å². The van der Waals surface area contributed by atoms with E-state index >= 15 is 0 Å². The predicted molar refractivity (Wildman–Crippen MR) is 48.2 cm³/mol. The van der Waals surface area contributed by atoms with Crippen molar-refractivity contribution in [1.29, 1.82) is 0 Å². The molecule has 0 fully saturated rings. The van der Waals surface area contributed by atoms with Gasteiger partial charge in [0.25, 0.3) is 0 Å². The topological polar surface area (TPSA) is 26.0 Å². The first-order valence-corrected chi connectivity index (χ1v) is 4.77. The molecule has 0 aliphatic heterocycles. The van der Waals surface area contributed by atoms with Gasteiger partial charge in [0.05, 0.1) is 5.69 Å². The van der Waals surface area contributed by atoms with Gasteiger partial charge in [0.2, 0.25) is 0 Å². The highest BCUT2D eigenvalue weighted by Gasteiger charge is 2.14. The summed E-state index contributed by atoms with van der Waals surface area (Å²) in [5.41, 5.74) is 2.25. The van der Waals surface area contributed by atoms with Crippen molar-refractivity contribution in [1.82, 2.24) is 5.16 Å². The number of alkyl halides is 1. The van der Waals surface area contributed by atoms with Crippen LogP contribution < -0.4 is 0 Å². The van der Waals surface area contributed by atoms with Crippen molar-refractivity contribution in [2.75, 3.05) is 5.33 Å².